The minimum absolute atomic E-state index is 0.204. The van der Waals surface area contributed by atoms with E-state index >= 15 is 0 Å². The first-order valence-corrected chi connectivity index (χ1v) is 5.75. The third kappa shape index (κ3) is 2.78. The molecule has 0 aromatic carbocycles. The number of nitrogens with zero attached hydrogens (tertiary/aromatic N) is 1. The molecule has 0 amide bonds. The smallest absolute Gasteiger partial charge is 0.122 e. The van der Waals surface area contributed by atoms with Gasteiger partial charge in [0.15, 0.2) is 0 Å². The fourth-order valence-electron chi connectivity index (χ4n) is 1.20. The largest absolute Gasteiger partial charge is 0.371 e. The third-order valence-electron chi connectivity index (χ3n) is 1.95. The van der Waals surface area contributed by atoms with Crippen LogP contribution in [0.1, 0.15) is 44.0 Å². The van der Waals surface area contributed by atoms with Gasteiger partial charge in [-0.1, -0.05) is 13.8 Å². The molecule has 74 valence electrons. The molecule has 0 fully saturated rings. The van der Waals surface area contributed by atoms with Crippen molar-refractivity contribution in [2.45, 2.75) is 39.7 Å². The summed E-state index contributed by atoms with van der Waals surface area (Å²) >= 11 is 1.71. The van der Waals surface area contributed by atoms with Crippen LogP contribution in [0.25, 0.3) is 0 Å². The molecule has 13 heavy (non-hydrogen) atoms. The van der Waals surface area contributed by atoms with Crippen molar-refractivity contribution in [1.29, 1.82) is 0 Å². The number of aromatic nitrogens is 1. The molecule has 0 radical (unpaired) electrons. The molecule has 0 N–H and O–H groups in total. The average Bonchev–Trinajstić information content (AvgIpc) is 2.62. The average molecular weight is 199 g/mol. The molecule has 0 aliphatic carbocycles. The van der Waals surface area contributed by atoms with Gasteiger partial charge < -0.3 is 4.74 Å². The van der Waals surface area contributed by atoms with Gasteiger partial charge in [-0.15, -0.1) is 11.3 Å². The highest BCUT2D eigenvalue weighted by Gasteiger charge is 2.12. The molecule has 0 aliphatic rings. The summed E-state index contributed by atoms with van der Waals surface area (Å²) in [6.07, 6.45) is 2.22. The Balaban J connectivity index is 2.67. The van der Waals surface area contributed by atoms with E-state index < -0.39 is 0 Å². The molecule has 1 aromatic heterocycles. The van der Waals surface area contributed by atoms with Gasteiger partial charge in [0.2, 0.25) is 0 Å². The van der Waals surface area contributed by atoms with E-state index in [0.717, 1.165) is 24.5 Å². The topological polar surface area (TPSA) is 22.1 Å². The Morgan fingerprint density at radius 3 is 2.69 bits per heavy atom. The second-order valence-electron chi connectivity index (χ2n) is 2.88. The highest BCUT2D eigenvalue weighted by atomic mass is 32.1. The van der Waals surface area contributed by atoms with E-state index in [1.807, 2.05) is 6.92 Å². The number of rotatable bonds is 5. The minimum Gasteiger partial charge on any atom is -0.371 e. The van der Waals surface area contributed by atoms with Crippen LogP contribution in [-0.4, -0.2) is 11.6 Å². The van der Waals surface area contributed by atoms with Crippen molar-refractivity contribution < 1.29 is 4.74 Å². The van der Waals surface area contributed by atoms with Gasteiger partial charge in [-0.2, -0.15) is 0 Å². The van der Waals surface area contributed by atoms with Gasteiger partial charge in [0, 0.05) is 12.0 Å². The second-order valence-corrected chi connectivity index (χ2v) is 3.77. The van der Waals surface area contributed by atoms with Crippen LogP contribution in [0.3, 0.4) is 0 Å². The first kappa shape index (κ1) is 10.7. The quantitative estimate of drug-likeness (QED) is 0.726. The lowest BCUT2D eigenvalue weighted by Gasteiger charge is -2.10. The first-order chi connectivity index (χ1) is 6.31. The predicted octanol–water partition coefficient (Wildman–Crippen LogP) is 3.19. The lowest BCUT2D eigenvalue weighted by atomic mass is 10.3. The molecule has 2 nitrogen and oxygen atoms in total. The van der Waals surface area contributed by atoms with Crippen molar-refractivity contribution in [3.63, 3.8) is 0 Å². The van der Waals surface area contributed by atoms with Gasteiger partial charge in [-0.05, 0) is 19.8 Å². The summed E-state index contributed by atoms with van der Waals surface area (Å²) in [4.78, 5) is 4.51. The van der Waals surface area contributed by atoms with Crippen LogP contribution >= 0.6 is 11.3 Å². The maximum Gasteiger partial charge on any atom is 0.122 e. The van der Waals surface area contributed by atoms with Crippen molar-refractivity contribution in [2.24, 2.45) is 0 Å². The summed E-state index contributed by atoms with van der Waals surface area (Å²) in [6, 6.07) is 0. The molecule has 0 saturated heterocycles. The maximum atomic E-state index is 5.58. The van der Waals surface area contributed by atoms with E-state index in [1.165, 1.54) is 5.69 Å². The highest BCUT2D eigenvalue weighted by molar-refractivity contribution is 7.09. The van der Waals surface area contributed by atoms with Gasteiger partial charge in [-0.3, -0.25) is 0 Å². The zero-order valence-corrected chi connectivity index (χ0v) is 9.36. The Bertz CT molecular complexity index is 247. The van der Waals surface area contributed by atoms with Gasteiger partial charge in [0.05, 0.1) is 5.69 Å². The molecule has 1 aromatic rings. The summed E-state index contributed by atoms with van der Waals surface area (Å²) in [5.41, 5.74) is 1.18. The van der Waals surface area contributed by atoms with E-state index in [4.69, 9.17) is 4.74 Å². The zero-order valence-electron chi connectivity index (χ0n) is 8.54. The summed E-state index contributed by atoms with van der Waals surface area (Å²) in [5.74, 6) is 0. The molecule has 1 heterocycles. The molecular weight excluding hydrogens is 182 g/mol. The van der Waals surface area contributed by atoms with Gasteiger partial charge in [0.1, 0.15) is 11.1 Å². The normalized spacial score (nSPS) is 13.2. The van der Waals surface area contributed by atoms with Crippen LogP contribution in [0.5, 0.6) is 0 Å². The van der Waals surface area contributed by atoms with E-state index in [0.29, 0.717) is 0 Å². The Morgan fingerprint density at radius 2 is 2.23 bits per heavy atom. The van der Waals surface area contributed by atoms with Crippen LogP contribution in [0.15, 0.2) is 5.38 Å². The van der Waals surface area contributed by atoms with Crippen molar-refractivity contribution in [2.75, 3.05) is 6.61 Å². The molecule has 1 atom stereocenters. The zero-order chi connectivity index (χ0) is 9.68. The number of ether oxygens (including phenoxy) is 1. The SMILES string of the molecule is CCOC(CC)c1nc(CC)cs1. The van der Waals surface area contributed by atoms with Crippen LogP contribution in [0, 0.1) is 0 Å². The monoisotopic (exact) mass is 199 g/mol. The van der Waals surface area contributed by atoms with Crippen LogP contribution in [0.4, 0.5) is 0 Å². The van der Waals surface area contributed by atoms with E-state index in [9.17, 15) is 0 Å². The van der Waals surface area contributed by atoms with Gasteiger partial charge in [0.25, 0.3) is 0 Å². The number of hydrogen-bond donors (Lipinski definition) is 0. The van der Waals surface area contributed by atoms with E-state index in [2.05, 4.69) is 24.2 Å². The number of aryl methyl sites for hydroxylation is 1. The van der Waals surface area contributed by atoms with Crippen LogP contribution < -0.4 is 0 Å². The molecule has 1 unspecified atom stereocenters. The molecule has 1 rings (SSSR count). The summed E-state index contributed by atoms with van der Waals surface area (Å²) in [6.45, 7) is 7.05. The second kappa shape index (κ2) is 5.35. The molecule has 3 heteroatoms. The first-order valence-electron chi connectivity index (χ1n) is 4.87. The maximum absolute atomic E-state index is 5.58. The molecule has 0 spiro atoms. The van der Waals surface area contributed by atoms with Crippen LogP contribution in [-0.2, 0) is 11.2 Å². The Morgan fingerprint density at radius 1 is 1.46 bits per heavy atom. The van der Waals surface area contributed by atoms with Crippen LogP contribution in [0.2, 0.25) is 0 Å². The van der Waals surface area contributed by atoms with Crippen molar-refractivity contribution in [1.82, 2.24) is 4.98 Å². The fourth-order valence-corrected chi connectivity index (χ4v) is 2.23. The number of hydrogen-bond acceptors (Lipinski definition) is 3. The van der Waals surface area contributed by atoms with E-state index in [1.54, 1.807) is 11.3 Å². The summed E-state index contributed by atoms with van der Waals surface area (Å²) < 4.78 is 5.58. The highest BCUT2D eigenvalue weighted by Crippen LogP contribution is 2.24. The lowest BCUT2D eigenvalue weighted by molar-refractivity contribution is 0.0595. The lowest BCUT2D eigenvalue weighted by Crippen LogP contribution is -2.02. The summed E-state index contributed by atoms with van der Waals surface area (Å²) in [7, 11) is 0. The fraction of sp³-hybridized carbons (Fsp3) is 0.700. The third-order valence-corrected chi connectivity index (χ3v) is 2.93. The molecule has 0 aliphatic heterocycles. The van der Waals surface area contributed by atoms with Crippen molar-refractivity contribution in [3.8, 4) is 0 Å². The van der Waals surface area contributed by atoms with Crippen molar-refractivity contribution in [3.05, 3.63) is 16.1 Å². The summed E-state index contributed by atoms with van der Waals surface area (Å²) in [5, 5.41) is 3.25. The molecular formula is C10H17NOS. The van der Waals surface area contributed by atoms with Gasteiger partial charge >= 0.3 is 0 Å². The Kier molecular flexibility index (Phi) is 4.39. The van der Waals surface area contributed by atoms with Gasteiger partial charge in [-0.25, -0.2) is 4.98 Å². The molecule has 0 bridgehead atoms. The number of thiazole rings is 1. The Labute approximate surface area is 84.0 Å². The van der Waals surface area contributed by atoms with E-state index in [-0.39, 0.29) is 6.10 Å². The van der Waals surface area contributed by atoms with Crippen molar-refractivity contribution >= 4 is 11.3 Å². The predicted molar refractivity (Wildman–Crippen MR) is 56.2 cm³/mol. The Hall–Kier alpha value is -0.410. The standard InChI is InChI=1S/C10H17NOS/c1-4-8-7-13-10(11-8)9(5-2)12-6-3/h7,9H,4-6H2,1-3H3. The molecule has 0 saturated carbocycles. The minimum atomic E-state index is 0.204.